The molecule has 1 heterocycles. The Hall–Kier alpha value is -2.90. The first-order valence-electron chi connectivity index (χ1n) is 13.3. The highest BCUT2D eigenvalue weighted by Gasteiger charge is 2.49. The summed E-state index contributed by atoms with van der Waals surface area (Å²) < 4.78 is 32.3. The Morgan fingerprint density at radius 1 is 0.872 bits per heavy atom. The molecule has 0 unspecified atom stereocenters. The van der Waals surface area contributed by atoms with Crippen molar-refractivity contribution in [3.8, 4) is 5.75 Å². The highest BCUT2D eigenvalue weighted by atomic mass is 35.5. The van der Waals surface area contributed by atoms with Crippen molar-refractivity contribution in [3.05, 3.63) is 81.7 Å². The third-order valence-corrected chi connectivity index (χ3v) is 9.34. The van der Waals surface area contributed by atoms with Crippen LogP contribution >= 0.6 is 11.6 Å². The van der Waals surface area contributed by atoms with Crippen LogP contribution in [0.25, 0.3) is 0 Å². The van der Waals surface area contributed by atoms with E-state index in [9.17, 15) is 18.0 Å². The zero-order valence-corrected chi connectivity index (χ0v) is 24.6. The molecular weight excluding hydrogens is 534 g/mol. The van der Waals surface area contributed by atoms with Crippen molar-refractivity contribution in [1.82, 2.24) is 4.90 Å². The molecule has 5 rings (SSSR count). The van der Waals surface area contributed by atoms with Crippen LogP contribution in [-0.2, 0) is 19.7 Å². The summed E-state index contributed by atoms with van der Waals surface area (Å²) in [5.74, 6) is -0.770. The number of hydrogen-bond donors (Lipinski definition) is 0. The van der Waals surface area contributed by atoms with E-state index in [2.05, 4.69) is 32.6 Å². The minimum atomic E-state index is -4.18. The molecule has 0 saturated heterocycles. The lowest BCUT2D eigenvalue weighted by atomic mass is 9.63. The molecule has 2 aromatic carbocycles. The maximum Gasteiger partial charge on any atom is 0.339 e. The molecule has 0 radical (unpaired) electrons. The Bertz CT molecular complexity index is 1480. The second kappa shape index (κ2) is 9.63. The summed E-state index contributed by atoms with van der Waals surface area (Å²) in [5.41, 5.74) is 2.84. The van der Waals surface area contributed by atoms with Crippen molar-refractivity contribution in [2.24, 2.45) is 10.8 Å². The Morgan fingerprint density at radius 2 is 1.41 bits per heavy atom. The van der Waals surface area contributed by atoms with Gasteiger partial charge in [0.1, 0.15) is 10.6 Å². The Balaban J connectivity index is 1.76. The van der Waals surface area contributed by atoms with Crippen LogP contribution in [0.2, 0.25) is 5.02 Å². The summed E-state index contributed by atoms with van der Waals surface area (Å²) in [4.78, 5) is 29.9. The Labute approximate surface area is 235 Å². The summed E-state index contributed by atoms with van der Waals surface area (Å²) in [6, 6.07) is 12.6. The van der Waals surface area contributed by atoms with Crippen LogP contribution in [0.4, 0.5) is 0 Å². The van der Waals surface area contributed by atoms with E-state index in [-0.39, 0.29) is 33.0 Å². The lowest BCUT2D eigenvalue weighted by Crippen LogP contribution is -2.44. The molecule has 2 aromatic rings. The van der Waals surface area contributed by atoms with Crippen LogP contribution in [0, 0.1) is 10.8 Å². The molecule has 206 valence electrons. The molecule has 0 bridgehead atoms. The molecule has 0 fully saturated rings. The molecule has 0 aromatic heterocycles. The van der Waals surface area contributed by atoms with Gasteiger partial charge in [-0.3, -0.25) is 9.59 Å². The number of allylic oxidation sites excluding steroid dienone is 4. The van der Waals surface area contributed by atoms with Crippen LogP contribution in [0.3, 0.4) is 0 Å². The van der Waals surface area contributed by atoms with Gasteiger partial charge < -0.3 is 9.08 Å². The van der Waals surface area contributed by atoms with Crippen molar-refractivity contribution < 1.29 is 22.2 Å². The van der Waals surface area contributed by atoms with E-state index in [1.807, 2.05) is 6.92 Å². The number of benzene rings is 2. The number of nitrogens with zero attached hydrogens (tertiary/aromatic N) is 1. The number of carbonyl (C=O) groups excluding carboxylic acids is 2. The van der Waals surface area contributed by atoms with Gasteiger partial charge in [0.25, 0.3) is 0 Å². The van der Waals surface area contributed by atoms with Gasteiger partial charge in [-0.15, -0.1) is 0 Å². The molecule has 0 spiro atoms. The third kappa shape index (κ3) is 5.07. The Morgan fingerprint density at radius 3 is 1.92 bits per heavy atom. The molecular formula is C31H34ClNO5S. The highest BCUT2D eigenvalue weighted by molar-refractivity contribution is 7.87. The van der Waals surface area contributed by atoms with Gasteiger partial charge in [0.15, 0.2) is 11.6 Å². The summed E-state index contributed by atoms with van der Waals surface area (Å²) in [7, 11) is -4.18. The van der Waals surface area contributed by atoms with E-state index in [0.717, 1.165) is 11.4 Å². The summed E-state index contributed by atoms with van der Waals surface area (Å²) in [6.45, 7) is 11.0. The van der Waals surface area contributed by atoms with Crippen LogP contribution < -0.4 is 4.18 Å². The van der Waals surface area contributed by atoms with Gasteiger partial charge in [-0.25, -0.2) is 0 Å². The van der Waals surface area contributed by atoms with Crippen LogP contribution in [0.1, 0.15) is 71.8 Å². The maximum absolute atomic E-state index is 13.9. The van der Waals surface area contributed by atoms with Gasteiger partial charge in [0, 0.05) is 58.4 Å². The molecule has 2 aliphatic carbocycles. The average molecular weight is 568 g/mol. The maximum atomic E-state index is 13.9. The summed E-state index contributed by atoms with van der Waals surface area (Å²) in [5, 5.41) is 0.365. The molecule has 8 heteroatoms. The fourth-order valence-corrected chi connectivity index (χ4v) is 7.47. The molecule has 0 saturated carbocycles. The van der Waals surface area contributed by atoms with E-state index in [1.54, 1.807) is 30.3 Å². The van der Waals surface area contributed by atoms with Crippen molar-refractivity contribution in [2.45, 2.75) is 71.1 Å². The quantitative estimate of drug-likeness (QED) is 0.369. The zero-order chi connectivity index (χ0) is 28.3. The first kappa shape index (κ1) is 27.7. The van der Waals surface area contributed by atoms with E-state index < -0.39 is 16.0 Å². The van der Waals surface area contributed by atoms with Gasteiger partial charge >= 0.3 is 10.1 Å². The molecule has 1 aliphatic heterocycles. The number of ketones is 2. The molecule has 39 heavy (non-hydrogen) atoms. The summed E-state index contributed by atoms with van der Waals surface area (Å²) in [6.07, 6.45) is 2.01. The number of carbonyl (C=O) groups is 2. The van der Waals surface area contributed by atoms with Crippen LogP contribution in [-0.4, -0.2) is 31.4 Å². The third-order valence-electron chi connectivity index (χ3n) is 7.85. The highest BCUT2D eigenvalue weighted by Crippen LogP contribution is 2.55. The van der Waals surface area contributed by atoms with E-state index in [4.69, 9.17) is 15.8 Å². The fourth-order valence-electron chi connectivity index (χ4n) is 6.31. The van der Waals surface area contributed by atoms with Crippen molar-refractivity contribution >= 4 is 33.3 Å². The topological polar surface area (TPSA) is 80.8 Å². The van der Waals surface area contributed by atoms with Crippen molar-refractivity contribution in [1.29, 1.82) is 0 Å². The van der Waals surface area contributed by atoms with Gasteiger partial charge in [0.05, 0.1) is 0 Å². The zero-order valence-electron chi connectivity index (χ0n) is 23.0. The van der Waals surface area contributed by atoms with Gasteiger partial charge in [-0.1, -0.05) is 57.5 Å². The molecule has 3 aliphatic rings. The first-order chi connectivity index (χ1) is 18.2. The van der Waals surface area contributed by atoms with E-state index in [0.29, 0.717) is 54.0 Å². The molecule has 6 nitrogen and oxygen atoms in total. The second-order valence-corrected chi connectivity index (χ2v) is 14.3. The summed E-state index contributed by atoms with van der Waals surface area (Å²) >= 11 is 6.48. The molecule has 0 N–H and O–H groups in total. The van der Waals surface area contributed by atoms with Gasteiger partial charge in [-0.2, -0.15) is 8.42 Å². The SMILES string of the molecule is CCN1C2=C(C(=O)CC(C)(C)C2)C(c2cc(Cl)ccc2OS(=O)(=O)c2ccccc2)C2=C1CC(C)(C)CC2=O. The van der Waals surface area contributed by atoms with Crippen LogP contribution in [0.5, 0.6) is 5.75 Å². The van der Waals surface area contributed by atoms with Crippen molar-refractivity contribution in [2.75, 3.05) is 6.54 Å². The van der Waals surface area contributed by atoms with Gasteiger partial charge in [0.2, 0.25) is 0 Å². The predicted octanol–water partition coefficient (Wildman–Crippen LogP) is 6.81. The van der Waals surface area contributed by atoms with Crippen molar-refractivity contribution in [3.63, 3.8) is 0 Å². The number of Topliss-reactive ketones (excluding diaryl/α,β-unsaturated/α-hetero) is 2. The van der Waals surface area contributed by atoms with Gasteiger partial charge in [-0.05, 0) is 60.9 Å². The monoisotopic (exact) mass is 567 g/mol. The molecule has 0 atom stereocenters. The Kier molecular flexibility index (Phi) is 6.83. The number of rotatable bonds is 5. The normalized spacial score (nSPS) is 21.1. The number of hydrogen-bond acceptors (Lipinski definition) is 6. The first-order valence-corrected chi connectivity index (χ1v) is 15.1. The predicted molar refractivity (Wildman–Crippen MR) is 151 cm³/mol. The lowest BCUT2D eigenvalue weighted by molar-refractivity contribution is -0.119. The van der Waals surface area contributed by atoms with E-state index in [1.165, 1.54) is 18.2 Å². The second-order valence-electron chi connectivity index (χ2n) is 12.3. The molecule has 0 amide bonds. The minimum absolute atomic E-state index is 0.0116. The standard InChI is InChI=1S/C31H34ClNO5S/c1-6-33-22-15-30(2,3)17-24(34)28(22)27(29-23(33)16-31(4,5)18-25(29)35)21-14-19(32)12-13-26(21)38-39(36,37)20-10-8-7-9-11-20/h7-14,27H,6,15-18H2,1-5H3. The minimum Gasteiger partial charge on any atom is -0.379 e. The average Bonchev–Trinajstić information content (AvgIpc) is 2.83. The number of halogens is 1. The lowest BCUT2D eigenvalue weighted by Gasteiger charge is -2.49. The smallest absolute Gasteiger partial charge is 0.339 e. The van der Waals surface area contributed by atoms with E-state index >= 15 is 0 Å². The fraction of sp³-hybridized carbons (Fsp3) is 0.419. The van der Waals surface area contributed by atoms with Crippen LogP contribution in [0.15, 0.2) is 76.0 Å². The largest absolute Gasteiger partial charge is 0.379 e.